The smallest absolute Gasteiger partial charge is 0.251 e. The van der Waals surface area contributed by atoms with E-state index in [2.05, 4.69) is 66.7 Å². The fourth-order valence-electron chi connectivity index (χ4n) is 9.63. The average Bonchev–Trinajstić information content (AvgIpc) is 4.13. The number of nitrogens with one attached hydrogen (secondary N) is 2. The Morgan fingerprint density at radius 2 is 1.82 bits per heavy atom. The quantitative estimate of drug-likeness (QED) is 0.114. The first kappa shape index (κ1) is 40.8. The molecule has 11 rings (SSSR count). The maximum Gasteiger partial charge on any atom is 0.251 e. The molecule has 3 saturated heterocycles. The molecule has 0 unspecified atom stereocenters. The molecule has 3 aromatic carbocycles. The Balaban J connectivity index is 0.882. The summed E-state index contributed by atoms with van der Waals surface area (Å²) in [6.45, 7) is 10.6. The fourth-order valence-corrected chi connectivity index (χ4v) is 9.98. The van der Waals surface area contributed by atoms with Crippen molar-refractivity contribution in [2.45, 2.75) is 51.2 Å². The van der Waals surface area contributed by atoms with Gasteiger partial charge in [-0.15, -0.1) is 0 Å². The largest absolute Gasteiger partial charge is 0.457 e. The monoisotopic (exact) mass is 933 g/mol. The van der Waals surface area contributed by atoms with Crippen LogP contribution in [0.2, 0.25) is 0 Å². The number of nitrogen functional groups attached to an aromatic ring is 1. The van der Waals surface area contributed by atoms with Gasteiger partial charge in [-0.05, 0) is 115 Å². The normalized spacial score (nSPS) is 18.7. The number of halogens is 1. The third-order valence-corrected chi connectivity index (χ3v) is 13.4. The van der Waals surface area contributed by atoms with Gasteiger partial charge in [0, 0.05) is 43.4 Å². The van der Waals surface area contributed by atoms with Gasteiger partial charge in [-0.2, -0.15) is 24.7 Å². The molecule has 0 saturated carbocycles. The minimum atomic E-state index is -0.175. The Morgan fingerprint density at radius 1 is 0.969 bits per heavy atom. The van der Waals surface area contributed by atoms with Crippen molar-refractivity contribution in [2.75, 3.05) is 54.8 Å². The van der Waals surface area contributed by atoms with Crippen LogP contribution in [-0.4, -0.2) is 105 Å². The molecule has 17 nitrogen and oxygen atoms in total. The summed E-state index contributed by atoms with van der Waals surface area (Å²) >= 11 is 3.70. The van der Waals surface area contributed by atoms with Gasteiger partial charge in [-0.3, -0.25) is 4.79 Å². The van der Waals surface area contributed by atoms with Gasteiger partial charge in [0.15, 0.2) is 11.3 Å². The molecule has 0 aliphatic carbocycles. The number of aromatic nitrogens is 10. The van der Waals surface area contributed by atoms with Crippen LogP contribution in [0.5, 0.6) is 11.5 Å². The van der Waals surface area contributed by atoms with Gasteiger partial charge in [-0.25, -0.2) is 19.6 Å². The predicted molar refractivity (Wildman–Crippen MR) is 253 cm³/mol. The van der Waals surface area contributed by atoms with Crippen molar-refractivity contribution in [3.05, 3.63) is 113 Å². The molecular formula is C47H48BrN15O2. The van der Waals surface area contributed by atoms with Gasteiger partial charge in [0.2, 0.25) is 11.9 Å². The Hall–Kier alpha value is -6.92. The molecule has 330 valence electrons. The SMILES string of the molecule is C=C(CN(Cc1nc2ccc(C)cc2[nH]1)c1nc(N2C[C@@H]3CCCN[C@@H]3C2)nc2c(Br)cnn12)C(=O)N1CCC[C@@H](n2nc(-c3ccc(Oc4ccccc4)cc3)c3c(N)ncnc32)C1. The topological polar surface area (TPSA) is 189 Å². The third-order valence-electron chi connectivity index (χ3n) is 12.8. The molecule has 8 heterocycles. The lowest BCUT2D eigenvalue weighted by Crippen LogP contribution is -2.43. The first-order valence-corrected chi connectivity index (χ1v) is 22.9. The number of carbonyl (C=O) groups is 1. The number of likely N-dealkylation sites (tertiary alicyclic amines) is 1. The molecule has 18 heteroatoms. The van der Waals surface area contributed by atoms with E-state index in [1.807, 2.05) is 75.1 Å². The van der Waals surface area contributed by atoms with Crippen molar-refractivity contribution in [2.24, 2.45) is 5.92 Å². The second-order valence-corrected chi connectivity index (χ2v) is 18.2. The van der Waals surface area contributed by atoms with Crippen LogP contribution in [0.15, 0.2) is 102 Å². The maximum absolute atomic E-state index is 14.7. The number of benzene rings is 3. The van der Waals surface area contributed by atoms with Gasteiger partial charge < -0.3 is 35.5 Å². The predicted octanol–water partition coefficient (Wildman–Crippen LogP) is 6.87. The number of imidazole rings is 1. The van der Waals surface area contributed by atoms with Crippen LogP contribution in [0.3, 0.4) is 0 Å². The Bertz CT molecular complexity index is 3060. The van der Waals surface area contributed by atoms with Gasteiger partial charge in [-0.1, -0.05) is 30.8 Å². The Kier molecular flexibility index (Phi) is 10.6. The van der Waals surface area contributed by atoms with Crippen LogP contribution in [0.1, 0.15) is 43.1 Å². The molecule has 3 aliphatic heterocycles. The van der Waals surface area contributed by atoms with E-state index in [4.69, 9.17) is 35.6 Å². The molecule has 65 heavy (non-hydrogen) atoms. The molecule has 1 amide bonds. The fraction of sp³-hybridized carbons (Fsp3) is 0.319. The molecule has 8 aromatic rings. The summed E-state index contributed by atoms with van der Waals surface area (Å²) in [4.78, 5) is 48.6. The number of amides is 1. The lowest BCUT2D eigenvalue weighted by molar-refractivity contribution is -0.128. The number of ether oxygens (including phenoxy) is 1. The Morgan fingerprint density at radius 3 is 2.66 bits per heavy atom. The molecule has 0 radical (unpaired) electrons. The maximum atomic E-state index is 14.7. The van der Waals surface area contributed by atoms with E-state index in [0.717, 1.165) is 77.1 Å². The molecule has 0 spiro atoms. The number of aryl methyl sites for hydroxylation is 1. The average molecular weight is 935 g/mol. The second kappa shape index (κ2) is 16.9. The first-order chi connectivity index (χ1) is 31.7. The van der Waals surface area contributed by atoms with Crippen LogP contribution in [0.4, 0.5) is 17.7 Å². The highest BCUT2D eigenvalue weighted by molar-refractivity contribution is 9.10. The van der Waals surface area contributed by atoms with Crippen LogP contribution < -0.4 is 25.6 Å². The number of H-pyrrole nitrogens is 1. The summed E-state index contributed by atoms with van der Waals surface area (Å²) in [6.07, 6.45) is 7.09. The molecule has 3 fully saturated rings. The number of nitrogens with zero attached hydrogens (tertiary/aromatic N) is 12. The summed E-state index contributed by atoms with van der Waals surface area (Å²) < 4.78 is 10.4. The van der Waals surface area contributed by atoms with Crippen molar-refractivity contribution in [3.63, 3.8) is 0 Å². The summed E-state index contributed by atoms with van der Waals surface area (Å²) in [5.41, 5.74) is 12.6. The van der Waals surface area contributed by atoms with Crippen molar-refractivity contribution in [3.8, 4) is 22.8 Å². The highest BCUT2D eigenvalue weighted by Gasteiger charge is 2.37. The number of anilines is 3. The molecule has 4 N–H and O–H groups in total. The zero-order valence-corrected chi connectivity index (χ0v) is 37.5. The van der Waals surface area contributed by atoms with E-state index >= 15 is 0 Å². The summed E-state index contributed by atoms with van der Waals surface area (Å²) in [5.74, 6) is 4.05. The zero-order valence-electron chi connectivity index (χ0n) is 35.9. The van der Waals surface area contributed by atoms with E-state index < -0.39 is 0 Å². The van der Waals surface area contributed by atoms with E-state index in [0.29, 0.717) is 83.0 Å². The van der Waals surface area contributed by atoms with E-state index in [1.54, 1.807) is 10.7 Å². The van der Waals surface area contributed by atoms with E-state index in [-0.39, 0.29) is 18.5 Å². The van der Waals surface area contributed by atoms with Crippen molar-refractivity contribution < 1.29 is 9.53 Å². The molecule has 3 atom stereocenters. The molecule has 3 aliphatic rings. The minimum absolute atomic E-state index is 0.151. The highest BCUT2D eigenvalue weighted by atomic mass is 79.9. The number of aromatic amines is 1. The number of para-hydroxylation sites is 1. The van der Waals surface area contributed by atoms with E-state index in [9.17, 15) is 4.79 Å². The van der Waals surface area contributed by atoms with Crippen LogP contribution >= 0.6 is 15.9 Å². The minimum Gasteiger partial charge on any atom is -0.457 e. The van der Waals surface area contributed by atoms with E-state index in [1.165, 1.54) is 12.7 Å². The first-order valence-electron chi connectivity index (χ1n) is 22.1. The number of piperidine rings is 2. The summed E-state index contributed by atoms with van der Waals surface area (Å²) in [7, 11) is 0. The van der Waals surface area contributed by atoms with Crippen molar-refractivity contribution >= 4 is 67.3 Å². The number of fused-ring (bicyclic) bond motifs is 4. The summed E-state index contributed by atoms with van der Waals surface area (Å²) in [5, 5.41) is 14.2. The number of hydrogen-bond acceptors (Lipinski definition) is 13. The number of hydrogen-bond donors (Lipinski definition) is 3. The van der Waals surface area contributed by atoms with Gasteiger partial charge in [0.1, 0.15) is 35.2 Å². The lowest BCUT2D eigenvalue weighted by atomic mass is 9.94. The molecule has 0 bridgehead atoms. The lowest BCUT2D eigenvalue weighted by Gasteiger charge is -2.34. The number of rotatable bonds is 11. The molecular weight excluding hydrogens is 887 g/mol. The highest BCUT2D eigenvalue weighted by Crippen LogP contribution is 2.36. The molecule has 5 aromatic heterocycles. The number of nitrogens with two attached hydrogens (primary N) is 1. The standard InChI is InChI=1S/C47H48BrN15O2/c1-28-12-17-36-37(20-28)55-39(54-36)26-61(47-57-46(56-43-35(48)21-53-63(43)47)60-23-31-8-6-18-50-38(31)25-60)22-29(2)45(64)59-19-7-9-32(24-59)62-44-40(42(49)51-27-52-44)41(58-62)30-13-15-34(16-14-30)65-33-10-4-3-5-11-33/h3-5,10-17,20-21,27,31-32,38,50H,2,6-9,18-19,22-26H2,1H3,(H,54,55)(H2,49,51,52)/t31-,32+,38+/m0/s1. The summed E-state index contributed by atoms with van der Waals surface area (Å²) in [6, 6.07) is 23.8. The van der Waals surface area contributed by atoms with Crippen LogP contribution in [0, 0.1) is 12.8 Å². The van der Waals surface area contributed by atoms with Gasteiger partial charge in [0.05, 0.1) is 46.2 Å². The van der Waals surface area contributed by atoms with Crippen molar-refractivity contribution in [1.29, 1.82) is 0 Å². The third kappa shape index (κ3) is 7.90. The Labute approximate surface area is 382 Å². The van der Waals surface area contributed by atoms with Gasteiger partial charge >= 0.3 is 0 Å². The number of carbonyl (C=O) groups excluding carboxylic acids is 1. The van der Waals surface area contributed by atoms with Crippen LogP contribution in [0.25, 0.3) is 39.0 Å². The van der Waals surface area contributed by atoms with Crippen LogP contribution in [-0.2, 0) is 11.3 Å². The van der Waals surface area contributed by atoms with Gasteiger partial charge in [0.25, 0.3) is 5.91 Å². The second-order valence-electron chi connectivity index (χ2n) is 17.3. The zero-order chi connectivity index (χ0) is 44.2. The van der Waals surface area contributed by atoms with Crippen molar-refractivity contribution in [1.82, 2.24) is 59.5 Å².